The van der Waals surface area contributed by atoms with E-state index < -0.39 is 0 Å². The second-order valence-corrected chi connectivity index (χ2v) is 6.41. The predicted molar refractivity (Wildman–Crippen MR) is 94.0 cm³/mol. The van der Waals surface area contributed by atoms with Gasteiger partial charge in [-0.25, -0.2) is 4.98 Å². The van der Waals surface area contributed by atoms with Crippen molar-refractivity contribution in [3.63, 3.8) is 0 Å². The highest BCUT2D eigenvalue weighted by atomic mass is 32.1. The molecule has 0 saturated carbocycles. The Labute approximate surface area is 142 Å². The summed E-state index contributed by atoms with van der Waals surface area (Å²) in [6.45, 7) is 4.16. The van der Waals surface area contributed by atoms with Gasteiger partial charge in [-0.2, -0.15) is 0 Å². The molecule has 4 nitrogen and oxygen atoms in total. The zero-order valence-electron chi connectivity index (χ0n) is 14.2. The van der Waals surface area contributed by atoms with Crippen molar-refractivity contribution >= 4 is 17.2 Å². The van der Waals surface area contributed by atoms with Crippen LogP contribution < -0.4 is 4.74 Å². The molecule has 0 aliphatic carbocycles. The van der Waals surface area contributed by atoms with E-state index in [1.165, 1.54) is 0 Å². The monoisotopic (exact) mass is 332 g/mol. The molecule has 1 aromatic carbocycles. The van der Waals surface area contributed by atoms with Crippen LogP contribution in [-0.2, 0) is 17.6 Å². The van der Waals surface area contributed by atoms with Crippen molar-refractivity contribution in [2.24, 2.45) is 0 Å². The third-order valence-electron chi connectivity index (χ3n) is 3.99. The van der Waals surface area contributed by atoms with Crippen LogP contribution in [0.5, 0.6) is 5.75 Å². The smallest absolute Gasteiger partial charge is 0.229 e. The average molecular weight is 332 g/mol. The molecule has 5 heteroatoms. The number of rotatable bonds is 7. The highest BCUT2D eigenvalue weighted by Gasteiger charge is 2.21. The van der Waals surface area contributed by atoms with Crippen molar-refractivity contribution in [1.29, 1.82) is 0 Å². The van der Waals surface area contributed by atoms with Crippen LogP contribution in [0.2, 0.25) is 0 Å². The second kappa shape index (κ2) is 8.11. The van der Waals surface area contributed by atoms with Gasteiger partial charge in [0.15, 0.2) is 0 Å². The Balaban J connectivity index is 2.11. The zero-order valence-corrected chi connectivity index (χ0v) is 15.0. The van der Waals surface area contributed by atoms with Crippen LogP contribution in [0, 0.1) is 0 Å². The van der Waals surface area contributed by atoms with Crippen LogP contribution in [0.3, 0.4) is 0 Å². The lowest BCUT2D eigenvalue weighted by Gasteiger charge is -2.28. The summed E-state index contributed by atoms with van der Waals surface area (Å²) in [5.74, 6) is 0.908. The molecule has 0 spiro atoms. The summed E-state index contributed by atoms with van der Waals surface area (Å²) in [7, 11) is 3.52. The first-order chi connectivity index (χ1) is 11.1. The van der Waals surface area contributed by atoms with Crippen molar-refractivity contribution < 1.29 is 9.53 Å². The Hall–Kier alpha value is -1.88. The van der Waals surface area contributed by atoms with E-state index >= 15 is 0 Å². The van der Waals surface area contributed by atoms with Crippen LogP contribution in [0.1, 0.15) is 42.6 Å². The lowest BCUT2D eigenvalue weighted by atomic mass is 10.0. The fourth-order valence-corrected chi connectivity index (χ4v) is 3.47. The number of likely N-dealkylation sites (N-methyl/N-ethyl adjacent to an activating group) is 1. The number of carbonyl (C=O) groups is 1. The molecule has 1 atom stereocenters. The Kier molecular flexibility index (Phi) is 6.16. The third-order valence-corrected chi connectivity index (χ3v) is 4.89. The van der Waals surface area contributed by atoms with E-state index in [1.54, 1.807) is 18.4 Å². The van der Waals surface area contributed by atoms with E-state index in [4.69, 9.17) is 4.74 Å². The van der Waals surface area contributed by atoms with Gasteiger partial charge in [0.1, 0.15) is 10.8 Å². The number of aromatic nitrogens is 1. The molecule has 1 heterocycles. The minimum absolute atomic E-state index is 0.0446. The minimum atomic E-state index is 0.0446. The van der Waals surface area contributed by atoms with Crippen molar-refractivity contribution in [3.05, 3.63) is 45.9 Å². The van der Waals surface area contributed by atoms with Crippen LogP contribution in [0.15, 0.2) is 29.6 Å². The van der Waals surface area contributed by atoms with Crippen molar-refractivity contribution in [3.8, 4) is 5.75 Å². The Morgan fingerprint density at radius 2 is 2.17 bits per heavy atom. The maximum absolute atomic E-state index is 12.6. The first-order valence-electron chi connectivity index (χ1n) is 7.91. The van der Waals surface area contributed by atoms with Gasteiger partial charge in [-0.15, -0.1) is 11.3 Å². The molecule has 1 amide bonds. The first kappa shape index (κ1) is 17.5. The molecule has 124 valence electrons. The van der Waals surface area contributed by atoms with Gasteiger partial charge in [0.2, 0.25) is 5.91 Å². The summed E-state index contributed by atoms with van der Waals surface area (Å²) in [4.78, 5) is 18.9. The lowest BCUT2D eigenvalue weighted by molar-refractivity contribution is -0.131. The topological polar surface area (TPSA) is 42.4 Å². The number of carbonyl (C=O) groups excluding carboxylic acids is 1. The molecule has 1 unspecified atom stereocenters. The maximum atomic E-state index is 12.6. The number of aryl methyl sites for hydroxylation is 1. The molecule has 0 fully saturated rings. The van der Waals surface area contributed by atoms with E-state index in [1.807, 2.05) is 41.6 Å². The largest absolute Gasteiger partial charge is 0.497 e. The Morgan fingerprint density at radius 1 is 1.39 bits per heavy atom. The van der Waals surface area contributed by atoms with Gasteiger partial charge in [0, 0.05) is 12.4 Å². The quantitative estimate of drug-likeness (QED) is 0.773. The van der Waals surface area contributed by atoms with Crippen molar-refractivity contribution in [1.82, 2.24) is 9.88 Å². The van der Waals surface area contributed by atoms with Crippen LogP contribution >= 0.6 is 11.3 Å². The SMILES string of the molecule is CCc1csc(CC(=O)N(C)C(CC)c2cccc(OC)c2)n1. The number of hydrogen-bond donors (Lipinski definition) is 0. The summed E-state index contributed by atoms with van der Waals surface area (Å²) in [6.07, 6.45) is 2.12. The standard InChI is InChI=1S/C18H24N2O2S/c1-5-14-12-23-17(19-14)11-18(21)20(3)16(6-2)13-8-7-9-15(10-13)22-4/h7-10,12,16H,5-6,11H2,1-4H3. The van der Waals surface area contributed by atoms with Crippen molar-refractivity contribution in [2.45, 2.75) is 39.2 Å². The molecule has 0 radical (unpaired) electrons. The highest BCUT2D eigenvalue weighted by molar-refractivity contribution is 7.09. The fraction of sp³-hybridized carbons (Fsp3) is 0.444. The molecule has 2 aromatic rings. The van der Waals surface area contributed by atoms with Crippen LogP contribution in [-0.4, -0.2) is 29.9 Å². The molecule has 0 aliphatic rings. The van der Waals surface area contributed by atoms with Gasteiger partial charge in [-0.05, 0) is 30.5 Å². The summed E-state index contributed by atoms with van der Waals surface area (Å²) in [5.41, 5.74) is 2.15. The number of nitrogens with zero attached hydrogens (tertiary/aromatic N) is 2. The molecule has 0 N–H and O–H groups in total. The number of ether oxygens (including phenoxy) is 1. The summed E-state index contributed by atoms with van der Waals surface area (Å²) >= 11 is 1.56. The number of methoxy groups -OCH3 is 1. The molecule has 2 rings (SSSR count). The molecular weight excluding hydrogens is 308 g/mol. The highest BCUT2D eigenvalue weighted by Crippen LogP contribution is 2.26. The van der Waals surface area contributed by atoms with E-state index in [0.29, 0.717) is 6.42 Å². The van der Waals surface area contributed by atoms with E-state index in [-0.39, 0.29) is 11.9 Å². The number of amides is 1. The van der Waals surface area contributed by atoms with Gasteiger partial charge in [-0.1, -0.05) is 26.0 Å². The van der Waals surface area contributed by atoms with Crippen molar-refractivity contribution in [2.75, 3.05) is 14.2 Å². The summed E-state index contributed by atoms with van der Waals surface area (Å²) in [6, 6.07) is 7.96. The minimum Gasteiger partial charge on any atom is -0.497 e. The third kappa shape index (κ3) is 4.32. The Morgan fingerprint density at radius 3 is 2.78 bits per heavy atom. The summed E-state index contributed by atoms with van der Waals surface area (Å²) in [5, 5.41) is 2.92. The van der Waals surface area contributed by atoms with Crippen LogP contribution in [0.25, 0.3) is 0 Å². The van der Waals surface area contributed by atoms with Gasteiger partial charge >= 0.3 is 0 Å². The normalized spacial score (nSPS) is 12.0. The maximum Gasteiger partial charge on any atom is 0.229 e. The van der Waals surface area contributed by atoms with E-state index in [9.17, 15) is 4.79 Å². The molecule has 0 aliphatic heterocycles. The lowest BCUT2D eigenvalue weighted by Crippen LogP contribution is -2.32. The summed E-state index contributed by atoms with van der Waals surface area (Å²) < 4.78 is 5.29. The van der Waals surface area contributed by atoms with E-state index in [0.717, 1.165) is 34.9 Å². The van der Waals surface area contributed by atoms with Crippen LogP contribution in [0.4, 0.5) is 0 Å². The molecular formula is C18H24N2O2S. The van der Waals surface area contributed by atoms with Gasteiger partial charge < -0.3 is 9.64 Å². The van der Waals surface area contributed by atoms with Gasteiger partial charge in [0.25, 0.3) is 0 Å². The van der Waals surface area contributed by atoms with Gasteiger partial charge in [-0.3, -0.25) is 4.79 Å². The molecule has 23 heavy (non-hydrogen) atoms. The zero-order chi connectivity index (χ0) is 16.8. The number of thiazole rings is 1. The van der Waals surface area contributed by atoms with E-state index in [2.05, 4.69) is 18.8 Å². The number of benzene rings is 1. The average Bonchev–Trinajstić information content (AvgIpc) is 3.03. The molecule has 0 saturated heterocycles. The second-order valence-electron chi connectivity index (χ2n) is 5.47. The fourth-order valence-electron chi connectivity index (χ4n) is 2.60. The molecule has 0 bridgehead atoms. The number of hydrogen-bond acceptors (Lipinski definition) is 4. The van der Waals surface area contributed by atoms with Gasteiger partial charge in [0.05, 0.1) is 25.3 Å². The molecule has 1 aromatic heterocycles. The Bertz CT molecular complexity index is 654. The first-order valence-corrected chi connectivity index (χ1v) is 8.79. The predicted octanol–water partition coefficient (Wildman–Crippen LogP) is 3.87.